The summed E-state index contributed by atoms with van der Waals surface area (Å²) >= 11 is 5.28. The second-order valence-electron chi connectivity index (χ2n) is 6.53. The first-order valence-corrected chi connectivity index (χ1v) is 8.86. The van der Waals surface area contributed by atoms with Crippen molar-refractivity contribution in [2.75, 3.05) is 0 Å². The summed E-state index contributed by atoms with van der Waals surface area (Å²) in [5.74, 6) is -0.693. The monoisotopic (exact) mass is 358 g/mol. The molecule has 7 heteroatoms. The summed E-state index contributed by atoms with van der Waals surface area (Å²) in [5.41, 5.74) is 0.514. The van der Waals surface area contributed by atoms with Crippen LogP contribution in [0.15, 0.2) is 29.1 Å². The molecule has 4 rings (SSSR count). The van der Waals surface area contributed by atoms with E-state index in [-0.39, 0.29) is 22.3 Å². The van der Waals surface area contributed by atoms with Gasteiger partial charge in [-0.15, -0.1) is 0 Å². The fraction of sp³-hybridized carbons (Fsp3) is 0.389. The Kier molecular flexibility index (Phi) is 3.95. The number of aromatic nitrogens is 2. The van der Waals surface area contributed by atoms with Crippen molar-refractivity contribution >= 4 is 18.2 Å². The van der Waals surface area contributed by atoms with Gasteiger partial charge in [-0.2, -0.15) is 0 Å². The second kappa shape index (κ2) is 6.15. The third-order valence-electron chi connectivity index (χ3n) is 5.04. The van der Waals surface area contributed by atoms with Crippen LogP contribution in [0, 0.1) is 4.77 Å². The number of carbonyl (C=O) groups is 1. The van der Waals surface area contributed by atoms with Gasteiger partial charge in [-0.3, -0.25) is 14.3 Å². The molecule has 2 aliphatic rings. The summed E-state index contributed by atoms with van der Waals surface area (Å²) in [5, 5.41) is 10.9. The summed E-state index contributed by atoms with van der Waals surface area (Å²) < 4.78 is 7.21. The van der Waals surface area contributed by atoms with Gasteiger partial charge in [0, 0.05) is 11.6 Å². The molecule has 1 aromatic heterocycles. The molecule has 1 aliphatic carbocycles. The van der Waals surface area contributed by atoms with Gasteiger partial charge >= 0.3 is 5.97 Å². The van der Waals surface area contributed by atoms with E-state index in [1.54, 1.807) is 28.8 Å². The van der Waals surface area contributed by atoms with E-state index in [0.717, 1.165) is 32.1 Å². The Morgan fingerprint density at radius 3 is 2.64 bits per heavy atom. The van der Waals surface area contributed by atoms with Crippen molar-refractivity contribution in [3.8, 4) is 5.88 Å². The number of benzene rings is 1. The minimum absolute atomic E-state index is 0.0393. The highest BCUT2D eigenvalue weighted by Gasteiger charge is 2.37. The lowest BCUT2D eigenvalue weighted by Crippen LogP contribution is -2.25. The Labute approximate surface area is 149 Å². The maximum Gasteiger partial charge on any atom is 0.339 e. The van der Waals surface area contributed by atoms with Crippen molar-refractivity contribution in [1.29, 1.82) is 0 Å². The summed E-state index contributed by atoms with van der Waals surface area (Å²) in [7, 11) is 0. The molecule has 0 spiro atoms. The molecule has 0 unspecified atom stereocenters. The van der Waals surface area contributed by atoms with E-state index >= 15 is 0 Å². The molecule has 0 amide bonds. The fourth-order valence-electron chi connectivity index (χ4n) is 3.83. The number of fused-ring (bicyclic) bond motifs is 1. The van der Waals surface area contributed by atoms with Gasteiger partial charge in [0.05, 0.1) is 5.56 Å². The second-order valence-corrected chi connectivity index (χ2v) is 6.92. The average Bonchev–Trinajstić information content (AvgIpc) is 2.93. The van der Waals surface area contributed by atoms with Crippen molar-refractivity contribution in [3.63, 3.8) is 0 Å². The number of aromatic hydroxyl groups is 1. The van der Waals surface area contributed by atoms with E-state index in [4.69, 9.17) is 17.0 Å². The van der Waals surface area contributed by atoms with Crippen LogP contribution in [0.25, 0.3) is 0 Å². The third kappa shape index (κ3) is 2.59. The van der Waals surface area contributed by atoms with Crippen LogP contribution in [0.4, 0.5) is 0 Å². The number of carbonyl (C=O) groups excluding carboxylic acids is 1. The van der Waals surface area contributed by atoms with Crippen molar-refractivity contribution in [2.24, 2.45) is 0 Å². The highest BCUT2D eigenvalue weighted by molar-refractivity contribution is 7.71. The molecule has 1 saturated carbocycles. The van der Waals surface area contributed by atoms with Crippen LogP contribution in [0.3, 0.4) is 0 Å². The van der Waals surface area contributed by atoms with Gasteiger partial charge in [0.1, 0.15) is 5.56 Å². The normalized spacial score (nSPS) is 20.3. The maximum absolute atomic E-state index is 12.5. The number of nitrogens with one attached hydrogen (secondary N) is 1. The maximum atomic E-state index is 12.5. The standard InChI is InChI=1S/C18H18N2O4S/c21-15-13(14-11-8-4-5-9-12(11)17(23)24-14)16(22)20(18(25)19-15)10-6-2-1-3-7-10/h4-5,8-10,14,22H,1-3,6-7H2,(H,19,21,25)/t14-/m1/s1. The molecular formula is C18H18N2O4S. The van der Waals surface area contributed by atoms with Gasteiger partial charge in [-0.05, 0) is 31.1 Å². The Morgan fingerprint density at radius 1 is 1.16 bits per heavy atom. The zero-order valence-electron chi connectivity index (χ0n) is 13.5. The highest BCUT2D eigenvalue weighted by atomic mass is 32.1. The SMILES string of the molecule is O=C1O[C@@H](c2c(O)n(C3CCCCC3)c(=S)[nH]c2=O)c2ccccc21. The Morgan fingerprint density at radius 2 is 1.88 bits per heavy atom. The lowest BCUT2D eigenvalue weighted by Gasteiger charge is -2.26. The number of ether oxygens (including phenoxy) is 1. The molecule has 1 aromatic carbocycles. The third-order valence-corrected chi connectivity index (χ3v) is 5.34. The van der Waals surface area contributed by atoms with Crippen LogP contribution < -0.4 is 5.56 Å². The molecule has 1 fully saturated rings. The first-order chi connectivity index (χ1) is 12.1. The van der Waals surface area contributed by atoms with Crippen molar-refractivity contribution in [2.45, 2.75) is 44.2 Å². The largest absolute Gasteiger partial charge is 0.494 e. The Balaban J connectivity index is 1.88. The lowest BCUT2D eigenvalue weighted by molar-refractivity contribution is 0.0448. The average molecular weight is 358 g/mol. The van der Waals surface area contributed by atoms with E-state index < -0.39 is 17.6 Å². The molecule has 6 nitrogen and oxygen atoms in total. The van der Waals surface area contributed by atoms with Crippen LogP contribution in [0.5, 0.6) is 5.88 Å². The van der Waals surface area contributed by atoms with Crippen molar-refractivity contribution in [3.05, 3.63) is 56.1 Å². The van der Waals surface area contributed by atoms with Crippen LogP contribution in [-0.2, 0) is 4.74 Å². The van der Waals surface area contributed by atoms with E-state index in [9.17, 15) is 14.7 Å². The summed E-state index contributed by atoms with van der Waals surface area (Å²) in [4.78, 5) is 27.2. The van der Waals surface area contributed by atoms with Gasteiger partial charge in [0.15, 0.2) is 10.9 Å². The fourth-order valence-corrected chi connectivity index (χ4v) is 4.15. The van der Waals surface area contributed by atoms with Gasteiger partial charge in [0.25, 0.3) is 5.56 Å². The van der Waals surface area contributed by atoms with Crippen molar-refractivity contribution in [1.82, 2.24) is 9.55 Å². The molecule has 2 aromatic rings. The first kappa shape index (κ1) is 16.1. The Hall–Kier alpha value is -2.41. The molecule has 0 bridgehead atoms. The number of hydrogen-bond donors (Lipinski definition) is 2. The minimum atomic E-state index is -0.919. The van der Waals surface area contributed by atoms with Crippen LogP contribution in [0.2, 0.25) is 0 Å². The minimum Gasteiger partial charge on any atom is -0.494 e. The number of esters is 1. The zero-order chi connectivity index (χ0) is 17.6. The molecular weight excluding hydrogens is 340 g/mol. The topological polar surface area (TPSA) is 84.3 Å². The van der Waals surface area contributed by atoms with Gasteiger partial charge in [-0.25, -0.2) is 4.79 Å². The predicted molar refractivity (Wildman–Crippen MR) is 93.4 cm³/mol. The number of aromatic amines is 1. The van der Waals surface area contributed by atoms with Crippen LogP contribution in [0.1, 0.15) is 65.7 Å². The van der Waals surface area contributed by atoms with E-state index in [1.165, 1.54) is 0 Å². The molecule has 130 valence electrons. The highest BCUT2D eigenvalue weighted by Crippen LogP contribution is 2.39. The predicted octanol–water partition coefficient (Wildman–Crippen LogP) is 3.38. The smallest absolute Gasteiger partial charge is 0.339 e. The molecule has 1 atom stereocenters. The molecule has 0 saturated heterocycles. The van der Waals surface area contributed by atoms with Gasteiger partial charge in [0.2, 0.25) is 5.88 Å². The van der Waals surface area contributed by atoms with Gasteiger partial charge in [-0.1, -0.05) is 37.5 Å². The number of hydrogen-bond acceptors (Lipinski definition) is 5. The summed E-state index contributed by atoms with van der Waals surface area (Å²) in [6.07, 6.45) is 4.15. The van der Waals surface area contributed by atoms with E-state index in [0.29, 0.717) is 11.1 Å². The quantitative estimate of drug-likeness (QED) is 0.635. The number of H-pyrrole nitrogens is 1. The van der Waals surface area contributed by atoms with Crippen molar-refractivity contribution < 1.29 is 14.6 Å². The van der Waals surface area contributed by atoms with Gasteiger partial charge < -0.3 is 9.84 Å². The molecule has 0 radical (unpaired) electrons. The first-order valence-electron chi connectivity index (χ1n) is 8.45. The zero-order valence-corrected chi connectivity index (χ0v) is 14.3. The summed E-state index contributed by atoms with van der Waals surface area (Å²) in [6.45, 7) is 0. The number of cyclic esters (lactones) is 1. The van der Waals surface area contributed by atoms with E-state index in [1.807, 2.05) is 0 Å². The van der Waals surface area contributed by atoms with Crippen LogP contribution >= 0.6 is 12.2 Å². The number of nitrogens with zero attached hydrogens (tertiary/aromatic N) is 1. The molecule has 1 aliphatic heterocycles. The summed E-state index contributed by atoms with van der Waals surface area (Å²) in [6, 6.07) is 6.94. The molecule has 2 heterocycles. The molecule has 2 N–H and O–H groups in total. The number of rotatable bonds is 2. The van der Waals surface area contributed by atoms with Crippen LogP contribution in [-0.4, -0.2) is 20.6 Å². The Bertz CT molecular complexity index is 956. The van der Waals surface area contributed by atoms with E-state index in [2.05, 4.69) is 4.98 Å². The lowest BCUT2D eigenvalue weighted by atomic mass is 9.95. The molecule has 25 heavy (non-hydrogen) atoms.